The van der Waals surface area contributed by atoms with Gasteiger partial charge in [0.15, 0.2) is 10.2 Å². The summed E-state index contributed by atoms with van der Waals surface area (Å²) in [6.07, 6.45) is -1.63. The molecule has 0 fully saturated rings. The van der Waals surface area contributed by atoms with Crippen LogP contribution in [0.4, 0.5) is 13.2 Å². The fourth-order valence-electron chi connectivity index (χ4n) is 0.904. The highest BCUT2D eigenvalue weighted by atomic mass is 32.2. The molecule has 1 unspecified atom stereocenters. The largest absolute Gasteiger partial charge is 0.399 e. The zero-order valence-corrected chi connectivity index (χ0v) is 10.9. The molecule has 1 aromatic heterocycles. The molecule has 1 atom stereocenters. The molecule has 0 aliphatic rings. The summed E-state index contributed by atoms with van der Waals surface area (Å²) in [5.41, 5.74) is 0.442. The van der Waals surface area contributed by atoms with Gasteiger partial charge in [-0.1, -0.05) is 5.16 Å². The molecule has 0 saturated carbocycles. The van der Waals surface area contributed by atoms with Crippen LogP contribution in [0.1, 0.15) is 12.1 Å². The molecule has 0 aromatic carbocycles. The minimum absolute atomic E-state index is 0.236. The minimum Gasteiger partial charge on any atom is -0.399 e. The van der Waals surface area contributed by atoms with Gasteiger partial charge in [0.05, 0.1) is 22.7 Å². The summed E-state index contributed by atoms with van der Waals surface area (Å²) >= 11 is 1.08. The number of nitrogens with zero attached hydrogens (tertiary/aromatic N) is 2. The van der Waals surface area contributed by atoms with Crippen LogP contribution >= 0.6 is 11.3 Å². The zero-order chi connectivity index (χ0) is 13.5. The van der Waals surface area contributed by atoms with E-state index in [4.69, 9.17) is 0 Å². The Labute approximate surface area is 108 Å². The summed E-state index contributed by atoms with van der Waals surface area (Å²) in [6.45, 7) is 0. The van der Waals surface area contributed by atoms with Gasteiger partial charge in [0, 0.05) is 17.6 Å². The fourth-order valence-corrected chi connectivity index (χ4v) is 2.97. The maximum absolute atomic E-state index is 12.5. The lowest BCUT2D eigenvalue weighted by molar-refractivity contribution is 0.215. The molecule has 18 heavy (non-hydrogen) atoms. The maximum Gasteiger partial charge on any atom is 0.301 e. The lowest BCUT2D eigenvalue weighted by atomic mass is 10.4. The molecule has 1 aromatic rings. The van der Waals surface area contributed by atoms with Crippen molar-refractivity contribution in [3.8, 4) is 0 Å². The Hall–Kier alpha value is -1.22. The lowest BCUT2D eigenvalue weighted by Crippen LogP contribution is -1.99. The van der Waals surface area contributed by atoms with E-state index >= 15 is 0 Å². The van der Waals surface area contributed by atoms with E-state index in [9.17, 15) is 17.4 Å². The first-order chi connectivity index (χ1) is 8.54. The van der Waals surface area contributed by atoms with E-state index in [2.05, 4.69) is 15.0 Å². The van der Waals surface area contributed by atoms with Gasteiger partial charge in [0.2, 0.25) is 0 Å². The molecule has 0 bridgehead atoms. The van der Waals surface area contributed by atoms with E-state index in [1.807, 2.05) is 0 Å². The van der Waals surface area contributed by atoms with Crippen LogP contribution in [-0.4, -0.2) is 28.3 Å². The first-order valence-electron chi connectivity index (χ1n) is 4.64. The second kappa shape index (κ2) is 7.27. The number of halogens is 3. The van der Waals surface area contributed by atoms with E-state index in [0.717, 1.165) is 11.3 Å². The summed E-state index contributed by atoms with van der Waals surface area (Å²) in [5.74, 6) is -1.78. The van der Waals surface area contributed by atoms with Crippen LogP contribution in [0.15, 0.2) is 26.8 Å². The Morgan fingerprint density at radius 1 is 1.61 bits per heavy atom. The highest BCUT2D eigenvalue weighted by molar-refractivity contribution is 7.87. The normalized spacial score (nSPS) is 12.7. The maximum atomic E-state index is 12.5. The number of hydrogen-bond donors (Lipinski definition) is 0. The predicted molar refractivity (Wildman–Crippen MR) is 63.0 cm³/mol. The monoisotopic (exact) mass is 298 g/mol. The van der Waals surface area contributed by atoms with Crippen molar-refractivity contribution in [1.82, 2.24) is 4.98 Å². The van der Waals surface area contributed by atoms with Crippen LogP contribution < -0.4 is 0 Å². The minimum atomic E-state index is -2.38. The molecular formula is C9H9F3N2O2S2. The summed E-state index contributed by atoms with van der Waals surface area (Å²) in [4.78, 5) is 8.37. The number of aromatic nitrogens is 1. The molecule has 0 spiro atoms. The topological polar surface area (TPSA) is 51.5 Å². The predicted octanol–water partition coefficient (Wildman–Crippen LogP) is 2.70. The smallest absolute Gasteiger partial charge is 0.301 e. The summed E-state index contributed by atoms with van der Waals surface area (Å²) in [5, 5.41) is 5.05. The van der Waals surface area contributed by atoms with Crippen molar-refractivity contribution in [1.29, 1.82) is 0 Å². The van der Waals surface area contributed by atoms with Gasteiger partial charge < -0.3 is 4.84 Å². The van der Waals surface area contributed by atoms with Gasteiger partial charge in [0.25, 0.3) is 0 Å². The molecule has 4 nitrogen and oxygen atoms in total. The van der Waals surface area contributed by atoms with Crippen LogP contribution in [0, 0.1) is 0 Å². The Morgan fingerprint density at radius 2 is 2.33 bits per heavy atom. The van der Waals surface area contributed by atoms with Crippen molar-refractivity contribution in [2.75, 3.05) is 12.9 Å². The molecule has 0 aliphatic heterocycles. The molecular weight excluding hydrogens is 289 g/mol. The summed E-state index contributed by atoms with van der Waals surface area (Å²) in [6, 6.07) is 0. The molecule has 0 aliphatic carbocycles. The summed E-state index contributed by atoms with van der Waals surface area (Å²) in [7, 11) is -0.244. The fraction of sp³-hybridized carbons (Fsp3) is 0.333. The van der Waals surface area contributed by atoms with Crippen LogP contribution in [0.2, 0.25) is 0 Å². The first kappa shape index (κ1) is 14.8. The Balaban J connectivity index is 2.60. The summed E-state index contributed by atoms with van der Waals surface area (Å²) < 4.78 is 47.9. The van der Waals surface area contributed by atoms with E-state index < -0.39 is 29.1 Å². The van der Waals surface area contributed by atoms with Gasteiger partial charge in [-0.3, -0.25) is 4.21 Å². The average Bonchev–Trinajstić information content (AvgIpc) is 2.81. The third-order valence-corrected chi connectivity index (χ3v) is 4.25. The van der Waals surface area contributed by atoms with Gasteiger partial charge in [0.1, 0.15) is 7.11 Å². The van der Waals surface area contributed by atoms with E-state index in [1.54, 1.807) is 5.38 Å². The zero-order valence-electron chi connectivity index (χ0n) is 9.23. The Kier molecular flexibility index (Phi) is 5.99. The van der Waals surface area contributed by atoms with Gasteiger partial charge in [-0.15, -0.1) is 11.3 Å². The highest BCUT2D eigenvalue weighted by Crippen LogP contribution is 2.18. The van der Waals surface area contributed by atoms with E-state index in [0.29, 0.717) is 5.69 Å². The molecule has 0 radical (unpaired) electrons. The van der Waals surface area contributed by atoms with Crippen molar-refractivity contribution in [3.63, 3.8) is 0 Å². The number of rotatable bonds is 6. The highest BCUT2D eigenvalue weighted by Gasteiger charge is 2.12. The third-order valence-electron chi connectivity index (χ3n) is 1.70. The molecule has 0 saturated heterocycles. The number of allylic oxidation sites excluding steroid dienone is 1. The standard InChI is InChI=1S/C9H9F3N2O2S2/c1-16-13-4-6-5-17-9(14-6)18(15)3-2-7(10)8(11)12/h4-5H,2-3H2,1H3. The van der Waals surface area contributed by atoms with Crippen LogP contribution in [-0.2, 0) is 15.6 Å². The quantitative estimate of drug-likeness (QED) is 0.599. The molecule has 0 N–H and O–H groups in total. The van der Waals surface area contributed by atoms with E-state index in [1.165, 1.54) is 13.3 Å². The Morgan fingerprint density at radius 3 is 2.94 bits per heavy atom. The third kappa shape index (κ3) is 4.57. The lowest BCUT2D eigenvalue weighted by Gasteiger charge is -1.96. The van der Waals surface area contributed by atoms with Crippen molar-refractivity contribution in [2.24, 2.45) is 5.16 Å². The first-order valence-corrected chi connectivity index (χ1v) is 6.84. The SMILES string of the molecule is CON=Cc1csc(S(=O)CCC(F)=C(F)F)n1. The molecule has 9 heteroatoms. The van der Waals surface area contributed by atoms with Gasteiger partial charge in [-0.2, -0.15) is 8.78 Å². The van der Waals surface area contributed by atoms with Crippen molar-refractivity contribution >= 4 is 28.4 Å². The van der Waals surface area contributed by atoms with Gasteiger partial charge in [-0.25, -0.2) is 9.37 Å². The number of hydrogen-bond acceptors (Lipinski definition) is 5. The second-order valence-electron chi connectivity index (χ2n) is 2.92. The second-order valence-corrected chi connectivity index (χ2v) is 5.52. The average molecular weight is 298 g/mol. The van der Waals surface area contributed by atoms with Crippen LogP contribution in [0.25, 0.3) is 0 Å². The van der Waals surface area contributed by atoms with Crippen LogP contribution in [0.3, 0.4) is 0 Å². The molecule has 1 rings (SSSR count). The number of oxime groups is 1. The van der Waals surface area contributed by atoms with Crippen molar-refractivity contribution < 1.29 is 22.2 Å². The van der Waals surface area contributed by atoms with Crippen molar-refractivity contribution in [3.05, 3.63) is 23.0 Å². The van der Waals surface area contributed by atoms with Crippen LogP contribution in [0.5, 0.6) is 0 Å². The Bertz CT molecular complexity index is 484. The van der Waals surface area contributed by atoms with Gasteiger partial charge in [-0.05, 0) is 0 Å². The number of thiazole rings is 1. The van der Waals surface area contributed by atoms with Gasteiger partial charge >= 0.3 is 6.08 Å². The molecule has 1 heterocycles. The molecule has 0 amide bonds. The van der Waals surface area contributed by atoms with Crippen molar-refractivity contribution in [2.45, 2.75) is 10.8 Å². The molecule has 100 valence electrons. The van der Waals surface area contributed by atoms with E-state index in [-0.39, 0.29) is 10.1 Å².